The van der Waals surface area contributed by atoms with Gasteiger partial charge in [0.25, 0.3) is 0 Å². The number of hydrogen-bond donors (Lipinski definition) is 1. The van der Waals surface area contributed by atoms with Crippen molar-refractivity contribution in [2.45, 2.75) is 6.54 Å². The Hall–Kier alpha value is -1.88. The summed E-state index contributed by atoms with van der Waals surface area (Å²) in [5.41, 5.74) is 7.37. The van der Waals surface area contributed by atoms with Crippen LogP contribution in [0.4, 0.5) is 5.95 Å². The van der Waals surface area contributed by atoms with Gasteiger partial charge in [0.1, 0.15) is 0 Å². The Morgan fingerprint density at radius 2 is 2.19 bits per heavy atom. The molecule has 1 aliphatic heterocycles. The molecule has 0 bridgehead atoms. The van der Waals surface area contributed by atoms with Gasteiger partial charge in [-0.2, -0.15) is 0 Å². The summed E-state index contributed by atoms with van der Waals surface area (Å²) < 4.78 is 2.06. The first kappa shape index (κ1) is 9.35. The van der Waals surface area contributed by atoms with Crippen LogP contribution in [0.3, 0.4) is 0 Å². The normalized spacial score (nSPS) is 14.4. The average molecular weight is 216 g/mol. The zero-order valence-electron chi connectivity index (χ0n) is 8.76. The number of rotatable bonds is 1. The first-order valence-corrected chi connectivity index (χ1v) is 5.27. The third-order valence-electron chi connectivity index (χ3n) is 2.90. The van der Waals surface area contributed by atoms with Crippen LogP contribution in [0.15, 0.2) is 24.3 Å². The molecule has 0 saturated heterocycles. The van der Waals surface area contributed by atoms with E-state index in [1.54, 1.807) is 4.90 Å². The number of anilines is 1. The summed E-state index contributed by atoms with van der Waals surface area (Å²) >= 11 is 0. The summed E-state index contributed by atoms with van der Waals surface area (Å²) in [4.78, 5) is 17.7. The van der Waals surface area contributed by atoms with Crippen LogP contribution in [-0.2, 0) is 11.3 Å². The molecule has 0 radical (unpaired) electrons. The van der Waals surface area contributed by atoms with Gasteiger partial charge in [0, 0.05) is 13.1 Å². The summed E-state index contributed by atoms with van der Waals surface area (Å²) in [6.07, 6.45) is 0. The van der Waals surface area contributed by atoms with E-state index < -0.39 is 0 Å². The molecule has 1 aliphatic rings. The number of hydrogen-bond acceptors (Lipinski definition) is 3. The number of para-hydroxylation sites is 2. The van der Waals surface area contributed by atoms with E-state index in [1.807, 2.05) is 24.3 Å². The van der Waals surface area contributed by atoms with Crippen LogP contribution in [0.2, 0.25) is 0 Å². The molecule has 0 aliphatic carbocycles. The highest BCUT2D eigenvalue weighted by molar-refractivity contribution is 5.95. The van der Waals surface area contributed by atoms with Crippen molar-refractivity contribution in [3.63, 3.8) is 0 Å². The molecule has 2 heterocycles. The molecule has 82 valence electrons. The summed E-state index contributed by atoms with van der Waals surface area (Å²) in [6, 6.07) is 7.89. The van der Waals surface area contributed by atoms with Crippen molar-refractivity contribution >= 4 is 22.9 Å². The molecule has 5 heteroatoms. The Bertz CT molecular complexity index is 560. The Morgan fingerprint density at radius 1 is 1.38 bits per heavy atom. The molecule has 1 aromatic heterocycles. The maximum absolute atomic E-state index is 11.6. The van der Waals surface area contributed by atoms with Gasteiger partial charge in [-0.3, -0.25) is 9.69 Å². The van der Waals surface area contributed by atoms with Crippen LogP contribution in [0, 0.1) is 0 Å². The van der Waals surface area contributed by atoms with Crippen LogP contribution in [-0.4, -0.2) is 28.5 Å². The van der Waals surface area contributed by atoms with Gasteiger partial charge in [0.2, 0.25) is 11.9 Å². The monoisotopic (exact) mass is 216 g/mol. The second kappa shape index (κ2) is 3.31. The molecule has 1 aromatic carbocycles. The van der Waals surface area contributed by atoms with Crippen molar-refractivity contribution in [3.8, 4) is 0 Å². The van der Waals surface area contributed by atoms with Gasteiger partial charge in [0.05, 0.1) is 17.6 Å². The minimum Gasteiger partial charge on any atom is -0.322 e. The molecule has 5 nitrogen and oxygen atoms in total. The number of nitrogens with two attached hydrogens (primary N) is 1. The molecular weight excluding hydrogens is 204 g/mol. The van der Waals surface area contributed by atoms with E-state index in [2.05, 4.69) is 9.55 Å². The summed E-state index contributed by atoms with van der Waals surface area (Å²) in [5.74, 6) is 0.644. The minimum atomic E-state index is -0.0749. The van der Waals surface area contributed by atoms with Gasteiger partial charge >= 0.3 is 0 Å². The van der Waals surface area contributed by atoms with Crippen molar-refractivity contribution in [1.29, 1.82) is 0 Å². The zero-order chi connectivity index (χ0) is 11.1. The first-order valence-electron chi connectivity index (χ1n) is 5.27. The predicted molar refractivity (Wildman–Crippen MR) is 61.1 cm³/mol. The number of nitrogens with zero attached hydrogens (tertiary/aromatic N) is 3. The van der Waals surface area contributed by atoms with Crippen molar-refractivity contribution < 1.29 is 4.79 Å². The van der Waals surface area contributed by atoms with Gasteiger partial charge in [-0.25, -0.2) is 4.98 Å². The Morgan fingerprint density at radius 3 is 3.00 bits per heavy atom. The smallest absolute Gasteiger partial charge is 0.243 e. The highest BCUT2D eigenvalue weighted by Crippen LogP contribution is 2.26. The molecule has 0 unspecified atom stereocenters. The highest BCUT2D eigenvalue weighted by atomic mass is 16.2. The van der Waals surface area contributed by atoms with E-state index in [1.165, 1.54) is 0 Å². The van der Waals surface area contributed by atoms with Crippen molar-refractivity contribution in [2.24, 2.45) is 5.73 Å². The van der Waals surface area contributed by atoms with Crippen LogP contribution >= 0.6 is 0 Å². The van der Waals surface area contributed by atoms with Gasteiger partial charge in [-0.1, -0.05) is 12.1 Å². The van der Waals surface area contributed by atoms with E-state index in [4.69, 9.17) is 5.73 Å². The molecular formula is C11H12N4O. The summed E-state index contributed by atoms with van der Waals surface area (Å²) in [7, 11) is 0. The van der Waals surface area contributed by atoms with E-state index in [9.17, 15) is 4.79 Å². The summed E-state index contributed by atoms with van der Waals surface area (Å²) in [6.45, 7) is 1.49. The molecule has 0 spiro atoms. The standard InChI is InChI=1S/C11H12N4O/c12-7-10(16)15-6-5-14-9-4-2-1-3-8(9)13-11(14)15/h1-4H,5-7,12H2. The lowest BCUT2D eigenvalue weighted by Gasteiger charge is -2.11. The van der Waals surface area contributed by atoms with Gasteiger partial charge in [-0.05, 0) is 12.1 Å². The largest absolute Gasteiger partial charge is 0.322 e. The quantitative estimate of drug-likeness (QED) is 0.747. The zero-order valence-corrected chi connectivity index (χ0v) is 8.76. The van der Waals surface area contributed by atoms with Gasteiger partial charge in [-0.15, -0.1) is 0 Å². The van der Waals surface area contributed by atoms with Crippen LogP contribution in [0.1, 0.15) is 0 Å². The molecule has 2 aromatic rings. The van der Waals surface area contributed by atoms with E-state index in [0.717, 1.165) is 23.5 Å². The second-order valence-corrected chi connectivity index (χ2v) is 3.80. The van der Waals surface area contributed by atoms with Crippen molar-refractivity contribution in [3.05, 3.63) is 24.3 Å². The minimum absolute atomic E-state index is 0.0310. The molecule has 0 atom stereocenters. The fourth-order valence-corrected chi connectivity index (χ4v) is 2.14. The number of amides is 1. The number of carbonyl (C=O) groups excluding carboxylic acids is 1. The Balaban J connectivity index is 2.16. The SMILES string of the molecule is NCC(=O)N1CCn2c1nc1ccccc12. The third-order valence-corrected chi connectivity index (χ3v) is 2.90. The Labute approximate surface area is 92.5 Å². The second-order valence-electron chi connectivity index (χ2n) is 3.80. The lowest BCUT2D eigenvalue weighted by molar-refractivity contribution is -0.117. The molecule has 1 amide bonds. The molecule has 16 heavy (non-hydrogen) atoms. The van der Waals surface area contributed by atoms with Crippen LogP contribution in [0.5, 0.6) is 0 Å². The number of carbonyl (C=O) groups is 1. The van der Waals surface area contributed by atoms with Gasteiger partial charge < -0.3 is 10.3 Å². The number of imidazole rings is 1. The van der Waals surface area contributed by atoms with E-state index in [0.29, 0.717) is 6.54 Å². The third kappa shape index (κ3) is 1.15. The van der Waals surface area contributed by atoms with E-state index >= 15 is 0 Å². The fraction of sp³-hybridized carbons (Fsp3) is 0.273. The number of aromatic nitrogens is 2. The van der Waals surface area contributed by atoms with Crippen molar-refractivity contribution in [2.75, 3.05) is 18.0 Å². The van der Waals surface area contributed by atoms with Crippen molar-refractivity contribution in [1.82, 2.24) is 9.55 Å². The average Bonchev–Trinajstić information content (AvgIpc) is 2.86. The topological polar surface area (TPSA) is 64.2 Å². The fourth-order valence-electron chi connectivity index (χ4n) is 2.14. The van der Waals surface area contributed by atoms with Gasteiger partial charge in [0.15, 0.2) is 0 Å². The molecule has 3 rings (SSSR count). The van der Waals surface area contributed by atoms with Crippen LogP contribution in [0.25, 0.3) is 11.0 Å². The molecule has 2 N–H and O–H groups in total. The maximum Gasteiger partial charge on any atom is 0.243 e. The van der Waals surface area contributed by atoms with E-state index in [-0.39, 0.29) is 12.5 Å². The number of benzene rings is 1. The highest BCUT2D eigenvalue weighted by Gasteiger charge is 2.27. The van der Waals surface area contributed by atoms with Crippen LogP contribution < -0.4 is 10.6 Å². The maximum atomic E-state index is 11.6. The molecule has 0 saturated carbocycles. The summed E-state index contributed by atoms with van der Waals surface area (Å²) in [5, 5.41) is 0. The molecule has 0 fully saturated rings. The lowest BCUT2D eigenvalue weighted by atomic mass is 10.3. The Kier molecular flexibility index (Phi) is 1.94. The lowest BCUT2D eigenvalue weighted by Crippen LogP contribution is -2.34. The number of fused-ring (bicyclic) bond motifs is 3. The predicted octanol–water partition coefficient (Wildman–Crippen LogP) is 0.342. The first-order chi connectivity index (χ1) is 7.81.